The molecule has 0 aromatic carbocycles. The van der Waals surface area contributed by atoms with Crippen molar-refractivity contribution in [3.05, 3.63) is 18.0 Å². The molecule has 1 aromatic rings. The number of aromatic amines is 1. The monoisotopic (exact) mass is 301 g/mol. The van der Waals surface area contributed by atoms with E-state index in [1.807, 2.05) is 0 Å². The molecule has 3 N–H and O–H groups in total. The van der Waals surface area contributed by atoms with Crippen molar-refractivity contribution in [3.8, 4) is 0 Å². The summed E-state index contributed by atoms with van der Waals surface area (Å²) in [6.45, 7) is 0.439. The second-order valence-electron chi connectivity index (χ2n) is 4.44. The molecule has 1 fully saturated rings. The SMILES string of the molecule is O=C(O)CNC(=O)c1cc(S(=O)(=O)N2CCCC2)c[nH]1. The molecular formula is C11H15N3O5S. The zero-order chi connectivity index (χ0) is 14.8. The lowest BCUT2D eigenvalue weighted by atomic mass is 10.4. The zero-order valence-electron chi connectivity index (χ0n) is 10.6. The third kappa shape index (κ3) is 2.99. The van der Waals surface area contributed by atoms with Gasteiger partial charge in [0.2, 0.25) is 10.0 Å². The van der Waals surface area contributed by atoms with E-state index in [9.17, 15) is 18.0 Å². The summed E-state index contributed by atoms with van der Waals surface area (Å²) >= 11 is 0. The molecule has 20 heavy (non-hydrogen) atoms. The first-order valence-electron chi connectivity index (χ1n) is 6.10. The number of amides is 1. The van der Waals surface area contributed by atoms with Crippen LogP contribution in [0.1, 0.15) is 23.3 Å². The van der Waals surface area contributed by atoms with Gasteiger partial charge in [-0.2, -0.15) is 4.31 Å². The van der Waals surface area contributed by atoms with Crippen LogP contribution in [0.2, 0.25) is 0 Å². The van der Waals surface area contributed by atoms with Gasteiger partial charge in [-0.15, -0.1) is 0 Å². The van der Waals surface area contributed by atoms with Crippen LogP contribution >= 0.6 is 0 Å². The lowest BCUT2D eigenvalue weighted by Crippen LogP contribution is -2.29. The van der Waals surface area contributed by atoms with E-state index in [0.717, 1.165) is 12.8 Å². The molecular weight excluding hydrogens is 286 g/mol. The Labute approximate surface area is 115 Å². The van der Waals surface area contributed by atoms with E-state index in [2.05, 4.69) is 10.3 Å². The average molecular weight is 301 g/mol. The Hall–Kier alpha value is -1.87. The number of sulfonamides is 1. The number of hydrogen-bond acceptors (Lipinski definition) is 4. The highest BCUT2D eigenvalue weighted by atomic mass is 32.2. The van der Waals surface area contributed by atoms with Crippen LogP contribution in [-0.2, 0) is 14.8 Å². The highest BCUT2D eigenvalue weighted by Crippen LogP contribution is 2.21. The van der Waals surface area contributed by atoms with E-state index in [1.54, 1.807) is 0 Å². The maximum absolute atomic E-state index is 12.2. The van der Waals surface area contributed by atoms with E-state index in [1.165, 1.54) is 16.6 Å². The Bertz CT molecular complexity index is 616. The standard InChI is InChI=1S/C11H15N3O5S/c15-10(16)7-13-11(17)9-5-8(6-12-9)20(18,19)14-3-1-2-4-14/h5-6,12H,1-4,7H2,(H,13,17)(H,15,16). The number of H-pyrrole nitrogens is 1. The molecule has 0 spiro atoms. The minimum Gasteiger partial charge on any atom is -0.480 e. The highest BCUT2D eigenvalue weighted by Gasteiger charge is 2.28. The number of rotatable bonds is 5. The van der Waals surface area contributed by atoms with Crippen LogP contribution in [0, 0.1) is 0 Å². The Morgan fingerprint density at radius 3 is 2.60 bits per heavy atom. The summed E-state index contributed by atoms with van der Waals surface area (Å²) in [5.41, 5.74) is 0.0176. The minimum absolute atomic E-state index is 0.0138. The largest absolute Gasteiger partial charge is 0.480 e. The number of aromatic nitrogens is 1. The fourth-order valence-electron chi connectivity index (χ4n) is 1.98. The molecule has 1 aliphatic heterocycles. The summed E-state index contributed by atoms with van der Waals surface area (Å²) in [5.74, 6) is -1.83. The summed E-state index contributed by atoms with van der Waals surface area (Å²) in [5, 5.41) is 10.6. The predicted octanol–water partition coefficient (Wildman–Crippen LogP) is -0.386. The number of carbonyl (C=O) groups is 2. The van der Waals surface area contributed by atoms with Crippen LogP contribution < -0.4 is 5.32 Å². The van der Waals surface area contributed by atoms with Crippen LogP contribution in [-0.4, -0.2) is 54.3 Å². The molecule has 0 bridgehead atoms. The Kier molecular flexibility index (Phi) is 4.09. The molecule has 8 nitrogen and oxygen atoms in total. The van der Waals surface area contributed by atoms with Crippen molar-refractivity contribution in [2.75, 3.05) is 19.6 Å². The van der Waals surface area contributed by atoms with Gasteiger partial charge in [0.05, 0.1) is 0 Å². The number of carboxylic acid groups (broad SMARTS) is 1. The van der Waals surface area contributed by atoms with Crippen molar-refractivity contribution in [2.45, 2.75) is 17.7 Å². The van der Waals surface area contributed by atoms with E-state index < -0.39 is 28.4 Å². The van der Waals surface area contributed by atoms with Gasteiger partial charge in [0.15, 0.2) is 0 Å². The average Bonchev–Trinajstić information content (AvgIpc) is 3.06. The first-order chi connectivity index (χ1) is 9.41. The number of carboxylic acids is 1. The second-order valence-corrected chi connectivity index (χ2v) is 6.37. The van der Waals surface area contributed by atoms with E-state index in [-0.39, 0.29) is 10.6 Å². The second kappa shape index (κ2) is 5.63. The van der Waals surface area contributed by atoms with Gasteiger partial charge >= 0.3 is 5.97 Å². The summed E-state index contributed by atoms with van der Waals surface area (Å²) in [7, 11) is -3.58. The zero-order valence-corrected chi connectivity index (χ0v) is 11.4. The summed E-state index contributed by atoms with van der Waals surface area (Å²) in [6.07, 6.45) is 2.90. The van der Waals surface area contributed by atoms with Gasteiger partial charge < -0.3 is 15.4 Å². The molecule has 2 rings (SSSR count). The fraction of sp³-hybridized carbons (Fsp3) is 0.455. The van der Waals surface area contributed by atoms with E-state index in [4.69, 9.17) is 5.11 Å². The number of aliphatic carboxylic acids is 1. The van der Waals surface area contributed by atoms with Crippen LogP contribution in [0.25, 0.3) is 0 Å². The maximum atomic E-state index is 12.2. The van der Waals surface area contributed by atoms with Gasteiger partial charge in [0.1, 0.15) is 17.1 Å². The normalized spacial score (nSPS) is 16.2. The predicted molar refractivity (Wildman–Crippen MR) is 68.8 cm³/mol. The molecule has 1 aromatic heterocycles. The molecule has 0 saturated carbocycles. The molecule has 0 radical (unpaired) electrons. The number of hydrogen-bond donors (Lipinski definition) is 3. The quantitative estimate of drug-likeness (QED) is 0.684. The van der Waals surface area contributed by atoms with Crippen molar-refractivity contribution in [2.24, 2.45) is 0 Å². The van der Waals surface area contributed by atoms with E-state index in [0.29, 0.717) is 13.1 Å². The van der Waals surface area contributed by atoms with E-state index >= 15 is 0 Å². The van der Waals surface area contributed by atoms with Gasteiger partial charge in [0, 0.05) is 19.3 Å². The maximum Gasteiger partial charge on any atom is 0.322 e. The third-order valence-electron chi connectivity index (χ3n) is 3.00. The van der Waals surface area contributed by atoms with Gasteiger partial charge in [-0.3, -0.25) is 9.59 Å². The highest BCUT2D eigenvalue weighted by molar-refractivity contribution is 7.89. The topological polar surface area (TPSA) is 120 Å². The summed E-state index contributed by atoms with van der Waals surface area (Å²) in [6, 6.07) is 1.21. The molecule has 2 heterocycles. The molecule has 110 valence electrons. The molecule has 1 amide bonds. The molecule has 1 saturated heterocycles. The molecule has 9 heteroatoms. The van der Waals surface area contributed by atoms with Gasteiger partial charge in [0.25, 0.3) is 5.91 Å². The molecule has 0 unspecified atom stereocenters. The van der Waals surface area contributed by atoms with Gasteiger partial charge in [-0.1, -0.05) is 0 Å². The smallest absolute Gasteiger partial charge is 0.322 e. The van der Waals surface area contributed by atoms with Crippen molar-refractivity contribution < 1.29 is 23.1 Å². The molecule has 0 aliphatic carbocycles. The van der Waals surface area contributed by atoms with Crippen molar-refractivity contribution in [1.29, 1.82) is 0 Å². The Morgan fingerprint density at radius 2 is 2.00 bits per heavy atom. The van der Waals surface area contributed by atoms with Crippen molar-refractivity contribution >= 4 is 21.9 Å². The van der Waals surface area contributed by atoms with Gasteiger partial charge in [-0.25, -0.2) is 8.42 Å². The number of nitrogens with one attached hydrogen (secondary N) is 2. The minimum atomic E-state index is -3.58. The molecule has 1 aliphatic rings. The first kappa shape index (κ1) is 14.5. The lowest BCUT2D eigenvalue weighted by Gasteiger charge is -2.13. The van der Waals surface area contributed by atoms with Crippen molar-refractivity contribution in [3.63, 3.8) is 0 Å². The number of nitrogens with zero attached hydrogens (tertiary/aromatic N) is 1. The fourth-order valence-corrected chi connectivity index (χ4v) is 3.49. The Balaban J connectivity index is 2.12. The van der Waals surface area contributed by atoms with Gasteiger partial charge in [-0.05, 0) is 18.9 Å². The van der Waals surface area contributed by atoms with Crippen molar-refractivity contribution in [1.82, 2.24) is 14.6 Å². The molecule has 0 atom stereocenters. The summed E-state index contributed by atoms with van der Waals surface area (Å²) < 4.78 is 25.8. The van der Waals surface area contributed by atoms with Crippen LogP contribution in [0.4, 0.5) is 0 Å². The van der Waals surface area contributed by atoms with Crippen LogP contribution in [0.15, 0.2) is 17.2 Å². The summed E-state index contributed by atoms with van der Waals surface area (Å²) in [4.78, 5) is 24.5. The lowest BCUT2D eigenvalue weighted by molar-refractivity contribution is -0.135. The Morgan fingerprint density at radius 1 is 1.35 bits per heavy atom. The van der Waals surface area contributed by atoms with Crippen LogP contribution in [0.5, 0.6) is 0 Å². The van der Waals surface area contributed by atoms with Crippen LogP contribution in [0.3, 0.4) is 0 Å². The third-order valence-corrected chi connectivity index (χ3v) is 4.88. The first-order valence-corrected chi connectivity index (χ1v) is 7.54. The number of carbonyl (C=O) groups excluding carboxylic acids is 1.